The van der Waals surface area contributed by atoms with Crippen molar-refractivity contribution in [3.05, 3.63) is 46.6 Å². The highest BCUT2D eigenvalue weighted by molar-refractivity contribution is 7.71. The van der Waals surface area contributed by atoms with E-state index in [-0.39, 0.29) is 0 Å². The van der Waals surface area contributed by atoms with Crippen molar-refractivity contribution in [1.82, 2.24) is 19.7 Å². The Morgan fingerprint density at radius 1 is 1.29 bits per heavy atom. The van der Waals surface area contributed by atoms with E-state index in [0.29, 0.717) is 9.79 Å². The van der Waals surface area contributed by atoms with Crippen LogP contribution in [-0.2, 0) is 0 Å². The fourth-order valence-electron chi connectivity index (χ4n) is 1.74. The first-order valence-corrected chi connectivity index (χ1v) is 5.71. The average molecular weight is 263 g/mol. The van der Waals surface area contributed by atoms with Gasteiger partial charge in [-0.3, -0.25) is 14.6 Å². The topological polar surface area (TPSA) is 46.5 Å². The van der Waals surface area contributed by atoms with Crippen LogP contribution < -0.4 is 0 Å². The van der Waals surface area contributed by atoms with Crippen LogP contribution in [-0.4, -0.2) is 19.7 Å². The molecule has 4 nitrogen and oxygen atoms in total. The van der Waals surface area contributed by atoms with Gasteiger partial charge in [-0.2, -0.15) is 5.10 Å². The third-order valence-corrected chi connectivity index (χ3v) is 3.12. The summed E-state index contributed by atoms with van der Waals surface area (Å²) < 4.78 is 2.29. The number of fused-ring (bicyclic) bond motifs is 1. The standard InChI is InChI=1S/C11H7ClN4S/c12-8-3-4-9(16-6-14-15-11(16)17)10-7(8)2-1-5-13-10/h1-6H,(H,15,17). The van der Waals surface area contributed by atoms with Gasteiger partial charge in [0.1, 0.15) is 6.33 Å². The summed E-state index contributed by atoms with van der Waals surface area (Å²) in [5, 5.41) is 8.18. The van der Waals surface area contributed by atoms with Crippen molar-refractivity contribution in [2.24, 2.45) is 0 Å². The third-order valence-electron chi connectivity index (χ3n) is 2.51. The molecule has 0 fully saturated rings. The van der Waals surface area contributed by atoms with Crippen molar-refractivity contribution >= 4 is 34.7 Å². The molecule has 0 aliphatic heterocycles. The van der Waals surface area contributed by atoms with Crippen LogP contribution in [0.2, 0.25) is 5.02 Å². The van der Waals surface area contributed by atoms with Crippen LogP contribution in [0, 0.1) is 4.77 Å². The molecule has 0 saturated heterocycles. The predicted octanol–water partition coefficient (Wildman–Crippen LogP) is 3.13. The lowest BCUT2D eigenvalue weighted by molar-refractivity contribution is 1.04. The van der Waals surface area contributed by atoms with Gasteiger partial charge in [-0.25, -0.2) is 0 Å². The number of nitrogens with zero attached hydrogens (tertiary/aromatic N) is 3. The van der Waals surface area contributed by atoms with Crippen LogP contribution in [0.15, 0.2) is 36.8 Å². The quantitative estimate of drug-likeness (QED) is 0.686. The van der Waals surface area contributed by atoms with Gasteiger partial charge in [-0.1, -0.05) is 11.6 Å². The van der Waals surface area contributed by atoms with Crippen LogP contribution in [0.5, 0.6) is 0 Å². The average Bonchev–Trinajstić information content (AvgIpc) is 2.77. The van der Waals surface area contributed by atoms with Gasteiger partial charge in [0, 0.05) is 11.6 Å². The van der Waals surface area contributed by atoms with Crippen molar-refractivity contribution in [3.8, 4) is 5.69 Å². The highest BCUT2D eigenvalue weighted by atomic mass is 35.5. The van der Waals surface area contributed by atoms with E-state index in [1.54, 1.807) is 17.1 Å². The molecule has 2 heterocycles. The van der Waals surface area contributed by atoms with Gasteiger partial charge in [-0.05, 0) is 36.5 Å². The Morgan fingerprint density at radius 2 is 2.18 bits per heavy atom. The van der Waals surface area contributed by atoms with Crippen LogP contribution >= 0.6 is 23.8 Å². The Kier molecular flexibility index (Phi) is 2.42. The molecule has 0 bridgehead atoms. The molecule has 17 heavy (non-hydrogen) atoms. The van der Waals surface area contributed by atoms with E-state index in [0.717, 1.165) is 16.6 Å². The highest BCUT2D eigenvalue weighted by Crippen LogP contribution is 2.26. The molecule has 3 rings (SSSR count). The minimum atomic E-state index is 0.527. The maximum absolute atomic E-state index is 6.13. The molecule has 0 atom stereocenters. The molecule has 84 valence electrons. The summed E-state index contributed by atoms with van der Waals surface area (Å²) in [5.74, 6) is 0. The normalized spacial score (nSPS) is 10.9. The van der Waals surface area contributed by atoms with E-state index < -0.39 is 0 Å². The number of pyridine rings is 1. The monoisotopic (exact) mass is 262 g/mol. The first-order chi connectivity index (χ1) is 8.27. The van der Waals surface area contributed by atoms with E-state index in [1.165, 1.54) is 0 Å². The number of halogens is 1. The zero-order chi connectivity index (χ0) is 11.8. The summed E-state index contributed by atoms with van der Waals surface area (Å²) in [5.41, 5.74) is 1.67. The molecule has 0 saturated carbocycles. The van der Waals surface area contributed by atoms with Crippen LogP contribution in [0.3, 0.4) is 0 Å². The van der Waals surface area contributed by atoms with Crippen molar-refractivity contribution < 1.29 is 0 Å². The third kappa shape index (κ3) is 1.64. The highest BCUT2D eigenvalue weighted by Gasteiger charge is 2.07. The van der Waals surface area contributed by atoms with Gasteiger partial charge in [0.15, 0.2) is 4.77 Å². The molecule has 0 spiro atoms. The summed E-state index contributed by atoms with van der Waals surface area (Å²) in [7, 11) is 0. The van der Waals surface area contributed by atoms with E-state index in [4.69, 9.17) is 23.8 Å². The number of hydrogen-bond acceptors (Lipinski definition) is 3. The number of aromatic nitrogens is 4. The molecule has 0 amide bonds. The molecule has 6 heteroatoms. The predicted molar refractivity (Wildman–Crippen MR) is 69.1 cm³/mol. The molecule has 1 aromatic carbocycles. The molecule has 2 aromatic heterocycles. The smallest absolute Gasteiger partial charge is 0.199 e. The van der Waals surface area contributed by atoms with Gasteiger partial charge in [0.25, 0.3) is 0 Å². The van der Waals surface area contributed by atoms with Crippen molar-refractivity contribution in [2.75, 3.05) is 0 Å². The Morgan fingerprint density at radius 3 is 2.94 bits per heavy atom. The van der Waals surface area contributed by atoms with Crippen LogP contribution in [0.1, 0.15) is 0 Å². The number of aromatic amines is 1. The first-order valence-electron chi connectivity index (χ1n) is 4.93. The van der Waals surface area contributed by atoms with E-state index >= 15 is 0 Å². The molecule has 3 aromatic rings. The molecule has 0 aliphatic rings. The van der Waals surface area contributed by atoms with Crippen LogP contribution in [0.4, 0.5) is 0 Å². The number of benzene rings is 1. The van der Waals surface area contributed by atoms with Gasteiger partial charge in [0.2, 0.25) is 0 Å². The Labute approximate surface area is 107 Å². The lowest BCUT2D eigenvalue weighted by Gasteiger charge is -2.06. The second-order valence-electron chi connectivity index (χ2n) is 3.50. The zero-order valence-electron chi connectivity index (χ0n) is 8.59. The Balaban J connectivity index is 2.43. The minimum Gasteiger partial charge on any atom is -0.273 e. The number of rotatable bonds is 1. The van der Waals surface area contributed by atoms with Crippen molar-refractivity contribution in [2.45, 2.75) is 0 Å². The largest absolute Gasteiger partial charge is 0.273 e. The van der Waals surface area contributed by atoms with E-state index in [2.05, 4.69) is 15.2 Å². The fraction of sp³-hybridized carbons (Fsp3) is 0. The summed E-state index contributed by atoms with van der Waals surface area (Å²) in [6.07, 6.45) is 3.35. The summed E-state index contributed by atoms with van der Waals surface area (Å²) in [6.45, 7) is 0. The maximum Gasteiger partial charge on any atom is 0.199 e. The zero-order valence-corrected chi connectivity index (χ0v) is 10.2. The number of hydrogen-bond donors (Lipinski definition) is 1. The fourth-order valence-corrected chi connectivity index (χ4v) is 2.15. The summed E-state index contributed by atoms with van der Waals surface area (Å²) in [6, 6.07) is 7.49. The second-order valence-corrected chi connectivity index (χ2v) is 4.29. The minimum absolute atomic E-state index is 0.527. The SMILES string of the molecule is S=c1[nH]ncn1-c1ccc(Cl)c2cccnc12. The number of H-pyrrole nitrogens is 1. The van der Waals surface area contributed by atoms with Crippen molar-refractivity contribution in [3.63, 3.8) is 0 Å². The molecule has 1 N–H and O–H groups in total. The second kappa shape index (κ2) is 3.94. The lowest BCUT2D eigenvalue weighted by Crippen LogP contribution is -1.95. The van der Waals surface area contributed by atoms with Gasteiger partial charge >= 0.3 is 0 Å². The van der Waals surface area contributed by atoms with Gasteiger partial charge in [0.05, 0.1) is 16.2 Å². The molecular formula is C11H7ClN4S. The van der Waals surface area contributed by atoms with Gasteiger partial charge in [-0.15, -0.1) is 0 Å². The molecular weight excluding hydrogens is 256 g/mol. The van der Waals surface area contributed by atoms with Gasteiger partial charge < -0.3 is 0 Å². The van der Waals surface area contributed by atoms with E-state index in [9.17, 15) is 0 Å². The first kappa shape index (κ1) is 10.4. The van der Waals surface area contributed by atoms with Crippen LogP contribution in [0.25, 0.3) is 16.6 Å². The summed E-state index contributed by atoms with van der Waals surface area (Å²) in [4.78, 5) is 4.35. The summed E-state index contributed by atoms with van der Waals surface area (Å²) >= 11 is 11.3. The lowest BCUT2D eigenvalue weighted by atomic mass is 10.2. The maximum atomic E-state index is 6.13. The Bertz CT molecular complexity index is 746. The molecule has 0 radical (unpaired) electrons. The molecule has 0 unspecified atom stereocenters. The van der Waals surface area contributed by atoms with Crippen molar-refractivity contribution in [1.29, 1.82) is 0 Å². The molecule has 0 aliphatic carbocycles. The Hall–Kier alpha value is -1.72. The number of nitrogens with one attached hydrogen (secondary N) is 1. The van der Waals surface area contributed by atoms with E-state index in [1.807, 2.05) is 24.3 Å².